The van der Waals surface area contributed by atoms with Gasteiger partial charge in [-0.25, -0.2) is 4.98 Å². The lowest BCUT2D eigenvalue weighted by Crippen LogP contribution is -2.29. The quantitative estimate of drug-likeness (QED) is 0.347. The molecule has 0 spiro atoms. The van der Waals surface area contributed by atoms with Crippen LogP contribution in [-0.4, -0.2) is 43.9 Å². The van der Waals surface area contributed by atoms with Crippen molar-refractivity contribution in [3.8, 4) is 28.2 Å². The van der Waals surface area contributed by atoms with E-state index in [4.69, 9.17) is 25.8 Å². The highest BCUT2D eigenvalue weighted by Crippen LogP contribution is 2.32. The molecular formula is C27H23ClN6O3. The van der Waals surface area contributed by atoms with Crippen molar-refractivity contribution in [3.63, 3.8) is 0 Å². The molecule has 0 unspecified atom stereocenters. The molecule has 6 rings (SSSR count). The molecule has 1 aliphatic rings. The molecule has 1 saturated heterocycles. The average molecular weight is 515 g/mol. The van der Waals surface area contributed by atoms with Crippen molar-refractivity contribution >= 4 is 28.6 Å². The molecule has 0 bridgehead atoms. The van der Waals surface area contributed by atoms with Crippen molar-refractivity contribution in [2.45, 2.75) is 25.8 Å². The minimum absolute atomic E-state index is 0.225. The van der Waals surface area contributed by atoms with Crippen LogP contribution in [0.5, 0.6) is 0 Å². The van der Waals surface area contributed by atoms with E-state index in [1.807, 2.05) is 36.4 Å². The molecule has 1 N–H and O–H groups in total. The van der Waals surface area contributed by atoms with Crippen LogP contribution in [0.4, 0.5) is 5.95 Å². The first-order valence-electron chi connectivity index (χ1n) is 12.0. The number of hydrogen-bond acceptors (Lipinski definition) is 8. The normalized spacial score (nSPS) is 14.2. The SMILES string of the molecule is Cc1nc(-c2ccc(-c3cc4cnc(NC5CCOCC5)nc4n(-c4ccccc4)c3=O)c(Cl)c2)no1. The van der Waals surface area contributed by atoms with Crippen LogP contribution in [0.2, 0.25) is 5.02 Å². The Labute approximate surface area is 217 Å². The summed E-state index contributed by atoms with van der Waals surface area (Å²) in [6, 6.07) is 16.8. The number of ether oxygens (including phenoxy) is 1. The maximum Gasteiger partial charge on any atom is 0.264 e. The zero-order valence-electron chi connectivity index (χ0n) is 20.0. The van der Waals surface area contributed by atoms with Crippen LogP contribution in [0.1, 0.15) is 18.7 Å². The highest BCUT2D eigenvalue weighted by atomic mass is 35.5. The number of aromatic nitrogens is 5. The van der Waals surface area contributed by atoms with E-state index in [2.05, 4.69) is 20.4 Å². The third kappa shape index (κ3) is 4.59. The number of hydrogen-bond donors (Lipinski definition) is 1. The molecule has 5 aromatic rings. The first-order valence-corrected chi connectivity index (χ1v) is 12.4. The van der Waals surface area contributed by atoms with Crippen LogP contribution in [0.3, 0.4) is 0 Å². The summed E-state index contributed by atoms with van der Waals surface area (Å²) in [5, 5.41) is 8.45. The van der Waals surface area contributed by atoms with Crippen LogP contribution in [-0.2, 0) is 4.74 Å². The third-order valence-corrected chi connectivity index (χ3v) is 6.67. The molecule has 9 nitrogen and oxygen atoms in total. The Morgan fingerprint density at radius 3 is 2.57 bits per heavy atom. The lowest BCUT2D eigenvalue weighted by molar-refractivity contribution is 0.0903. The van der Waals surface area contributed by atoms with Crippen molar-refractivity contribution < 1.29 is 9.26 Å². The van der Waals surface area contributed by atoms with Gasteiger partial charge in [0, 0.05) is 59.5 Å². The van der Waals surface area contributed by atoms with Crippen molar-refractivity contribution in [3.05, 3.63) is 82.1 Å². The van der Waals surface area contributed by atoms with Crippen molar-refractivity contribution in [2.75, 3.05) is 18.5 Å². The smallest absolute Gasteiger partial charge is 0.264 e. The largest absolute Gasteiger partial charge is 0.381 e. The van der Waals surface area contributed by atoms with Crippen LogP contribution in [0.15, 0.2) is 70.1 Å². The number of aryl methyl sites for hydroxylation is 1. The summed E-state index contributed by atoms with van der Waals surface area (Å²) in [6.07, 6.45) is 3.49. The van der Waals surface area contributed by atoms with E-state index in [0.29, 0.717) is 69.3 Å². The Morgan fingerprint density at radius 2 is 1.84 bits per heavy atom. The second-order valence-electron chi connectivity index (χ2n) is 8.87. The van der Waals surface area contributed by atoms with Gasteiger partial charge in [0.2, 0.25) is 17.7 Å². The zero-order chi connectivity index (χ0) is 25.4. The first kappa shape index (κ1) is 23.3. The molecule has 0 aliphatic carbocycles. The van der Waals surface area contributed by atoms with Gasteiger partial charge in [0.25, 0.3) is 5.56 Å². The first-order chi connectivity index (χ1) is 18.1. The van der Waals surface area contributed by atoms with Gasteiger partial charge in [0.1, 0.15) is 0 Å². The Kier molecular flexibility index (Phi) is 6.15. The molecular weight excluding hydrogens is 492 g/mol. The lowest BCUT2D eigenvalue weighted by atomic mass is 10.0. The van der Waals surface area contributed by atoms with Gasteiger partial charge in [0.15, 0.2) is 5.65 Å². The summed E-state index contributed by atoms with van der Waals surface area (Å²) >= 11 is 6.69. The van der Waals surface area contributed by atoms with Gasteiger partial charge in [-0.3, -0.25) is 9.36 Å². The third-order valence-electron chi connectivity index (χ3n) is 6.36. The van der Waals surface area contributed by atoms with Crippen LogP contribution >= 0.6 is 11.6 Å². The van der Waals surface area contributed by atoms with Crippen molar-refractivity contribution in [2.24, 2.45) is 0 Å². The number of nitrogens with zero attached hydrogens (tertiary/aromatic N) is 5. The van der Waals surface area contributed by atoms with Gasteiger partial charge in [-0.05, 0) is 37.1 Å². The summed E-state index contributed by atoms with van der Waals surface area (Å²) < 4.78 is 12.1. The van der Waals surface area contributed by atoms with Gasteiger partial charge in [-0.15, -0.1) is 0 Å². The van der Waals surface area contributed by atoms with Gasteiger partial charge in [-0.1, -0.05) is 47.1 Å². The minimum Gasteiger partial charge on any atom is -0.381 e. The fourth-order valence-electron chi connectivity index (χ4n) is 4.49. The summed E-state index contributed by atoms with van der Waals surface area (Å²) in [7, 11) is 0. The molecule has 0 atom stereocenters. The maximum absolute atomic E-state index is 14.0. The van der Waals surface area contributed by atoms with E-state index in [0.717, 1.165) is 12.8 Å². The summed E-state index contributed by atoms with van der Waals surface area (Å²) in [5.41, 5.74) is 2.70. The Balaban J connectivity index is 1.49. The molecule has 3 aromatic heterocycles. The molecule has 4 heterocycles. The number of nitrogens with one attached hydrogen (secondary N) is 1. The predicted molar refractivity (Wildman–Crippen MR) is 141 cm³/mol. The predicted octanol–water partition coefficient (Wildman–Crippen LogP) is 5.05. The molecule has 1 fully saturated rings. The summed E-state index contributed by atoms with van der Waals surface area (Å²) in [6.45, 7) is 3.13. The summed E-state index contributed by atoms with van der Waals surface area (Å²) in [4.78, 5) is 27.5. The van der Waals surface area contributed by atoms with Crippen LogP contribution in [0, 0.1) is 6.92 Å². The molecule has 0 saturated carbocycles. The highest BCUT2D eigenvalue weighted by molar-refractivity contribution is 6.33. The summed E-state index contributed by atoms with van der Waals surface area (Å²) in [5.74, 6) is 1.37. The van der Waals surface area contributed by atoms with Crippen molar-refractivity contribution in [1.82, 2.24) is 24.7 Å². The molecule has 10 heteroatoms. The van der Waals surface area contributed by atoms with Gasteiger partial charge >= 0.3 is 0 Å². The number of para-hydroxylation sites is 1. The molecule has 0 radical (unpaired) electrons. The monoisotopic (exact) mass is 514 g/mol. The van der Waals surface area contributed by atoms with E-state index in [1.165, 1.54) is 0 Å². The van der Waals surface area contributed by atoms with Crippen LogP contribution in [0.25, 0.3) is 39.2 Å². The zero-order valence-corrected chi connectivity index (χ0v) is 20.8. The Hall–Kier alpha value is -4.08. The fraction of sp³-hybridized carbons (Fsp3) is 0.222. The molecule has 37 heavy (non-hydrogen) atoms. The Bertz CT molecular complexity index is 1640. The average Bonchev–Trinajstić information content (AvgIpc) is 3.36. The van der Waals surface area contributed by atoms with E-state index >= 15 is 0 Å². The molecule has 0 amide bonds. The Morgan fingerprint density at radius 1 is 1.03 bits per heavy atom. The second kappa shape index (κ2) is 9.76. The molecule has 1 aliphatic heterocycles. The number of halogens is 1. The minimum atomic E-state index is -0.237. The standard InChI is InChI=1S/C27H23ClN6O3/c1-16-30-24(33-37-16)17-7-8-21(23(28)14-17)22-13-18-15-29-27(31-19-9-11-36-12-10-19)32-25(18)34(26(22)35)20-5-3-2-4-6-20/h2-8,13-15,19H,9-12H2,1H3,(H,29,31,32). The fourth-order valence-corrected chi connectivity index (χ4v) is 4.77. The number of pyridine rings is 1. The highest BCUT2D eigenvalue weighted by Gasteiger charge is 2.19. The van der Waals surface area contributed by atoms with Gasteiger partial charge in [-0.2, -0.15) is 9.97 Å². The number of fused-ring (bicyclic) bond motifs is 1. The van der Waals surface area contributed by atoms with Gasteiger partial charge < -0.3 is 14.6 Å². The maximum atomic E-state index is 14.0. The van der Waals surface area contributed by atoms with E-state index in [9.17, 15) is 4.79 Å². The van der Waals surface area contributed by atoms with E-state index < -0.39 is 0 Å². The van der Waals surface area contributed by atoms with Crippen molar-refractivity contribution in [1.29, 1.82) is 0 Å². The van der Waals surface area contributed by atoms with Crippen LogP contribution < -0.4 is 10.9 Å². The lowest BCUT2D eigenvalue weighted by Gasteiger charge is -2.23. The second-order valence-corrected chi connectivity index (χ2v) is 9.28. The van der Waals surface area contributed by atoms with E-state index in [-0.39, 0.29) is 11.6 Å². The number of anilines is 1. The number of rotatable bonds is 5. The topological polar surface area (TPSA) is 108 Å². The van der Waals surface area contributed by atoms with Gasteiger partial charge in [0.05, 0.1) is 5.69 Å². The number of benzene rings is 2. The molecule has 186 valence electrons. The molecule has 2 aromatic carbocycles. The van der Waals surface area contributed by atoms with E-state index in [1.54, 1.807) is 35.9 Å².